The number of benzene rings is 2. The first kappa shape index (κ1) is 17.2. The molecule has 0 unspecified atom stereocenters. The third-order valence-corrected chi connectivity index (χ3v) is 4.78. The zero-order valence-corrected chi connectivity index (χ0v) is 14.7. The summed E-state index contributed by atoms with van der Waals surface area (Å²) in [6, 6.07) is 20.1. The number of para-hydroxylation sites is 2. The lowest BCUT2D eigenvalue weighted by molar-refractivity contribution is 0.412. The number of ether oxygens (including phenoxy) is 1. The van der Waals surface area contributed by atoms with Gasteiger partial charge in [0.1, 0.15) is 22.6 Å². The molecule has 0 spiro atoms. The largest absolute Gasteiger partial charge is 0.495 e. The van der Waals surface area contributed by atoms with Crippen LogP contribution in [-0.2, 0) is 0 Å². The zero-order valence-electron chi connectivity index (χ0n) is 13.8. The molecule has 0 aliphatic carbocycles. The van der Waals surface area contributed by atoms with Crippen LogP contribution in [0, 0.1) is 22.7 Å². The average Bonchev–Trinajstić information content (AvgIpc) is 2.99. The Bertz CT molecular complexity index is 1190. The molecule has 1 heterocycles. The highest BCUT2D eigenvalue weighted by Crippen LogP contribution is 2.19. The molecule has 0 aliphatic heterocycles. The minimum absolute atomic E-state index is 0.120. The summed E-state index contributed by atoms with van der Waals surface area (Å²) < 4.78 is 7.42. The summed E-state index contributed by atoms with van der Waals surface area (Å²) in [5, 5.41) is 18.6. The second-order valence-electron chi connectivity index (χ2n) is 5.24. The summed E-state index contributed by atoms with van der Waals surface area (Å²) >= 11 is 1.11. The van der Waals surface area contributed by atoms with Crippen molar-refractivity contribution in [3.8, 4) is 23.6 Å². The number of nitrogens with zero attached hydrogens (tertiary/aromatic N) is 3. The van der Waals surface area contributed by atoms with Crippen LogP contribution in [0.15, 0.2) is 59.4 Å². The predicted octanol–water partition coefficient (Wildman–Crippen LogP) is 1.93. The van der Waals surface area contributed by atoms with E-state index in [0.717, 1.165) is 16.9 Å². The van der Waals surface area contributed by atoms with Crippen molar-refractivity contribution >= 4 is 23.0 Å². The maximum absolute atomic E-state index is 13.1. The standard InChI is InChI=1S/C20H13N3O2S/c1-25-17-10-6-5-9-16(17)23-19(24)18(11-14-7-3-2-4-8-14)26-20(23)15(12-21)13-22/h2-11H,1H3/b18-11+. The number of nitriles is 2. The van der Waals surface area contributed by atoms with Crippen LogP contribution < -0.4 is 19.5 Å². The lowest BCUT2D eigenvalue weighted by Gasteiger charge is -2.08. The van der Waals surface area contributed by atoms with Gasteiger partial charge in [0.15, 0.2) is 5.57 Å². The van der Waals surface area contributed by atoms with Gasteiger partial charge in [0, 0.05) is 0 Å². The number of aromatic nitrogens is 1. The van der Waals surface area contributed by atoms with Gasteiger partial charge < -0.3 is 4.74 Å². The molecule has 0 amide bonds. The van der Waals surface area contributed by atoms with Gasteiger partial charge in [-0.25, -0.2) is 0 Å². The zero-order chi connectivity index (χ0) is 18.5. The molecule has 26 heavy (non-hydrogen) atoms. The van der Waals surface area contributed by atoms with Crippen LogP contribution >= 0.6 is 11.3 Å². The molecule has 0 bridgehead atoms. The molecule has 3 aromatic rings. The minimum atomic E-state index is -0.304. The summed E-state index contributed by atoms with van der Waals surface area (Å²) in [6.07, 6.45) is 1.74. The Morgan fingerprint density at radius 3 is 2.38 bits per heavy atom. The minimum Gasteiger partial charge on any atom is -0.495 e. The number of hydrogen-bond acceptors (Lipinski definition) is 5. The highest BCUT2D eigenvalue weighted by atomic mass is 32.1. The van der Waals surface area contributed by atoms with Crippen LogP contribution in [0.3, 0.4) is 0 Å². The van der Waals surface area contributed by atoms with Crippen molar-refractivity contribution in [1.82, 2.24) is 4.57 Å². The summed E-state index contributed by atoms with van der Waals surface area (Å²) in [7, 11) is 1.51. The van der Waals surface area contributed by atoms with Crippen molar-refractivity contribution in [2.24, 2.45) is 0 Å². The Morgan fingerprint density at radius 2 is 1.73 bits per heavy atom. The van der Waals surface area contributed by atoms with E-state index in [1.807, 2.05) is 42.5 Å². The van der Waals surface area contributed by atoms with Gasteiger partial charge in [-0.3, -0.25) is 9.36 Å². The quantitative estimate of drug-likeness (QED) is 0.716. The molecule has 0 radical (unpaired) electrons. The van der Waals surface area contributed by atoms with E-state index in [4.69, 9.17) is 4.74 Å². The van der Waals surface area contributed by atoms with Crippen LogP contribution in [0.5, 0.6) is 5.75 Å². The molecule has 0 aliphatic rings. The van der Waals surface area contributed by atoms with Crippen molar-refractivity contribution in [2.75, 3.05) is 7.11 Å². The molecule has 3 rings (SSSR count). The van der Waals surface area contributed by atoms with E-state index < -0.39 is 0 Å². The Kier molecular flexibility index (Phi) is 4.98. The smallest absolute Gasteiger partial charge is 0.273 e. The lowest BCUT2D eigenvalue weighted by Crippen LogP contribution is -2.31. The van der Waals surface area contributed by atoms with E-state index in [2.05, 4.69) is 0 Å². The summed E-state index contributed by atoms with van der Waals surface area (Å²) in [4.78, 5) is 13.1. The third-order valence-electron chi connectivity index (χ3n) is 3.68. The fourth-order valence-corrected chi connectivity index (χ4v) is 3.55. The average molecular weight is 359 g/mol. The SMILES string of the molecule is COc1ccccc1-n1c(=C(C#N)C#N)s/c(=C/c2ccccc2)c1=O. The summed E-state index contributed by atoms with van der Waals surface area (Å²) in [6.45, 7) is 0. The number of methoxy groups -OCH3 is 1. The molecule has 1 aromatic heterocycles. The van der Waals surface area contributed by atoms with Crippen molar-refractivity contribution in [3.63, 3.8) is 0 Å². The van der Waals surface area contributed by atoms with Gasteiger partial charge in [0.05, 0.1) is 17.3 Å². The van der Waals surface area contributed by atoms with Crippen LogP contribution in [-0.4, -0.2) is 11.7 Å². The first-order valence-corrected chi connectivity index (χ1v) is 8.47. The van der Waals surface area contributed by atoms with Gasteiger partial charge in [-0.2, -0.15) is 10.5 Å². The lowest BCUT2D eigenvalue weighted by atomic mass is 10.2. The van der Waals surface area contributed by atoms with Gasteiger partial charge in [-0.05, 0) is 23.8 Å². The second-order valence-corrected chi connectivity index (χ2v) is 6.27. The fraction of sp³-hybridized carbons (Fsp3) is 0.0500. The number of thiazole rings is 1. The highest BCUT2D eigenvalue weighted by Gasteiger charge is 2.14. The van der Waals surface area contributed by atoms with Crippen LogP contribution in [0.1, 0.15) is 5.56 Å². The molecular weight excluding hydrogens is 346 g/mol. The highest BCUT2D eigenvalue weighted by molar-refractivity contribution is 7.07. The van der Waals surface area contributed by atoms with Gasteiger partial charge in [0.25, 0.3) is 5.56 Å². The number of hydrogen-bond donors (Lipinski definition) is 0. The molecule has 126 valence electrons. The monoisotopic (exact) mass is 359 g/mol. The third kappa shape index (κ3) is 3.14. The molecule has 0 atom stereocenters. The van der Waals surface area contributed by atoms with E-state index in [0.29, 0.717) is 16.0 Å². The van der Waals surface area contributed by atoms with Crippen molar-refractivity contribution in [1.29, 1.82) is 10.5 Å². The predicted molar refractivity (Wildman–Crippen MR) is 100 cm³/mol. The maximum Gasteiger partial charge on any atom is 0.273 e. The van der Waals surface area contributed by atoms with Crippen LogP contribution in [0.25, 0.3) is 17.3 Å². The van der Waals surface area contributed by atoms with Crippen LogP contribution in [0.2, 0.25) is 0 Å². The Morgan fingerprint density at radius 1 is 1.08 bits per heavy atom. The van der Waals surface area contributed by atoms with Gasteiger partial charge >= 0.3 is 0 Å². The Labute approximate surface area is 153 Å². The number of rotatable bonds is 3. The maximum atomic E-state index is 13.1. The van der Waals surface area contributed by atoms with Gasteiger partial charge in [-0.15, -0.1) is 11.3 Å². The molecule has 0 N–H and O–H groups in total. The van der Waals surface area contributed by atoms with Gasteiger partial charge in [0.2, 0.25) is 0 Å². The van der Waals surface area contributed by atoms with Crippen molar-refractivity contribution in [3.05, 3.63) is 79.7 Å². The van der Waals surface area contributed by atoms with E-state index in [1.54, 1.807) is 30.3 Å². The van der Waals surface area contributed by atoms with Crippen LogP contribution in [0.4, 0.5) is 0 Å². The molecular formula is C20H13N3O2S. The molecule has 0 saturated carbocycles. The first-order valence-electron chi connectivity index (χ1n) is 7.66. The summed E-state index contributed by atoms with van der Waals surface area (Å²) in [5.41, 5.74) is 0.925. The molecule has 0 saturated heterocycles. The van der Waals surface area contributed by atoms with E-state index >= 15 is 0 Å². The molecule has 6 heteroatoms. The Balaban J connectivity index is 2.44. The fourth-order valence-electron chi connectivity index (χ4n) is 2.50. The molecule has 2 aromatic carbocycles. The van der Waals surface area contributed by atoms with E-state index in [1.165, 1.54) is 11.7 Å². The topological polar surface area (TPSA) is 78.8 Å². The summed E-state index contributed by atoms with van der Waals surface area (Å²) in [5.74, 6) is 0.482. The van der Waals surface area contributed by atoms with E-state index in [9.17, 15) is 15.3 Å². The van der Waals surface area contributed by atoms with Crippen molar-refractivity contribution < 1.29 is 4.74 Å². The van der Waals surface area contributed by atoms with Crippen molar-refractivity contribution in [2.45, 2.75) is 0 Å². The normalized spacial score (nSPS) is 10.8. The first-order chi connectivity index (χ1) is 12.7. The van der Waals surface area contributed by atoms with Gasteiger partial charge in [-0.1, -0.05) is 42.5 Å². The Hall–Kier alpha value is -3.61. The second kappa shape index (κ2) is 7.52. The molecule has 5 nitrogen and oxygen atoms in total. The van der Waals surface area contributed by atoms with E-state index in [-0.39, 0.29) is 15.8 Å². The molecule has 0 fully saturated rings.